The monoisotopic (exact) mass is 491 g/mol. The molecule has 188 valence electrons. The molecule has 0 radical (unpaired) electrons. The molecule has 10 heteroatoms. The summed E-state index contributed by atoms with van der Waals surface area (Å²) in [5, 5.41) is 11.2. The molecular weight excluding hydrogens is 462 g/mol. The van der Waals surface area contributed by atoms with Crippen LogP contribution in [0.25, 0.3) is 11.3 Å². The maximum atomic E-state index is 13.0. The Hall–Kier alpha value is -4.34. The minimum absolute atomic E-state index is 0.0360. The summed E-state index contributed by atoms with van der Waals surface area (Å²) in [6.07, 6.45) is 4.20. The first kappa shape index (κ1) is 24.8. The summed E-state index contributed by atoms with van der Waals surface area (Å²) in [5.41, 5.74) is 1.27. The van der Waals surface area contributed by atoms with Crippen LogP contribution < -0.4 is 25.1 Å². The lowest BCUT2D eigenvalue weighted by Crippen LogP contribution is -2.21. The van der Waals surface area contributed by atoms with Crippen molar-refractivity contribution in [3.05, 3.63) is 71.0 Å². The van der Waals surface area contributed by atoms with Crippen LogP contribution in [0.2, 0.25) is 0 Å². The number of carbonyl (C=O) groups is 1. The van der Waals surface area contributed by atoms with E-state index >= 15 is 0 Å². The molecule has 0 bridgehead atoms. The highest BCUT2D eigenvalue weighted by molar-refractivity contribution is 5.91. The van der Waals surface area contributed by atoms with E-state index in [1.807, 2.05) is 38.1 Å². The maximum absolute atomic E-state index is 13.0. The van der Waals surface area contributed by atoms with Crippen LogP contribution in [0.3, 0.4) is 0 Å². The summed E-state index contributed by atoms with van der Waals surface area (Å²) in [6, 6.07) is 12.5. The molecule has 0 saturated carbocycles. The lowest BCUT2D eigenvalue weighted by molar-refractivity contribution is -0.116. The third-order valence-corrected chi connectivity index (χ3v) is 5.70. The Bertz CT molecular complexity index is 1410. The molecule has 0 aliphatic rings. The van der Waals surface area contributed by atoms with Crippen molar-refractivity contribution in [2.45, 2.75) is 26.7 Å². The number of hydrogen-bond donors (Lipinski definition) is 1. The lowest BCUT2D eigenvalue weighted by atomic mass is 10.0. The zero-order valence-corrected chi connectivity index (χ0v) is 20.7. The SMILES string of the molecule is CCOc1ccc(-n2ccn3c(C[C@@H](C)CC(=O)Nc4ccc(OC)c(OC)c4)nnc3c2=O)cc1. The number of methoxy groups -OCH3 is 2. The average Bonchev–Trinajstić information content (AvgIpc) is 3.28. The number of nitrogens with zero attached hydrogens (tertiary/aromatic N) is 4. The molecule has 4 rings (SSSR count). The van der Waals surface area contributed by atoms with Crippen molar-refractivity contribution < 1.29 is 19.0 Å². The molecule has 1 N–H and O–H groups in total. The highest BCUT2D eigenvalue weighted by Crippen LogP contribution is 2.30. The van der Waals surface area contributed by atoms with Gasteiger partial charge in [-0.25, -0.2) is 0 Å². The van der Waals surface area contributed by atoms with Gasteiger partial charge >= 0.3 is 5.56 Å². The van der Waals surface area contributed by atoms with Crippen LogP contribution in [-0.2, 0) is 11.2 Å². The van der Waals surface area contributed by atoms with E-state index in [-0.39, 0.29) is 29.5 Å². The van der Waals surface area contributed by atoms with Crippen LogP contribution >= 0.6 is 0 Å². The second-order valence-electron chi connectivity index (χ2n) is 8.34. The Morgan fingerprint density at radius 3 is 2.47 bits per heavy atom. The molecule has 2 aromatic carbocycles. The Kier molecular flexibility index (Phi) is 7.53. The number of ether oxygens (including phenoxy) is 3. The topological polar surface area (TPSA) is 109 Å². The fourth-order valence-corrected chi connectivity index (χ4v) is 3.97. The van der Waals surface area contributed by atoms with Crippen molar-refractivity contribution in [1.82, 2.24) is 19.2 Å². The number of rotatable bonds is 10. The van der Waals surface area contributed by atoms with E-state index < -0.39 is 0 Å². The Morgan fingerprint density at radius 2 is 1.78 bits per heavy atom. The van der Waals surface area contributed by atoms with Gasteiger partial charge in [0.05, 0.1) is 20.8 Å². The van der Waals surface area contributed by atoms with Gasteiger partial charge in [-0.05, 0) is 49.2 Å². The molecule has 2 aromatic heterocycles. The normalized spacial score (nSPS) is 11.8. The Balaban J connectivity index is 1.44. The number of benzene rings is 2. The van der Waals surface area contributed by atoms with Crippen molar-refractivity contribution in [2.75, 3.05) is 26.1 Å². The summed E-state index contributed by atoms with van der Waals surface area (Å²) in [5.74, 6) is 2.31. The summed E-state index contributed by atoms with van der Waals surface area (Å²) in [7, 11) is 3.10. The summed E-state index contributed by atoms with van der Waals surface area (Å²) >= 11 is 0. The van der Waals surface area contributed by atoms with Gasteiger partial charge in [-0.1, -0.05) is 6.92 Å². The number of fused-ring (bicyclic) bond motifs is 1. The van der Waals surface area contributed by atoms with Crippen LogP contribution in [-0.4, -0.2) is 45.9 Å². The van der Waals surface area contributed by atoms with Gasteiger partial charge in [0.1, 0.15) is 11.6 Å². The van der Waals surface area contributed by atoms with Crippen molar-refractivity contribution in [3.8, 4) is 22.9 Å². The summed E-state index contributed by atoms with van der Waals surface area (Å²) < 4.78 is 19.2. The second-order valence-corrected chi connectivity index (χ2v) is 8.34. The first-order valence-electron chi connectivity index (χ1n) is 11.6. The van der Waals surface area contributed by atoms with E-state index in [9.17, 15) is 9.59 Å². The van der Waals surface area contributed by atoms with Crippen LogP contribution in [0.1, 0.15) is 26.1 Å². The molecular formula is C26H29N5O5. The number of carbonyl (C=O) groups excluding carboxylic acids is 1. The highest BCUT2D eigenvalue weighted by Gasteiger charge is 2.17. The molecule has 0 saturated heterocycles. The second kappa shape index (κ2) is 10.9. The Morgan fingerprint density at radius 1 is 1.03 bits per heavy atom. The molecule has 0 aliphatic carbocycles. The third-order valence-electron chi connectivity index (χ3n) is 5.70. The minimum Gasteiger partial charge on any atom is -0.494 e. The summed E-state index contributed by atoms with van der Waals surface area (Å²) in [6.45, 7) is 4.45. The van der Waals surface area contributed by atoms with Crippen LogP contribution in [0.4, 0.5) is 5.69 Å². The van der Waals surface area contributed by atoms with Gasteiger partial charge in [0.25, 0.3) is 0 Å². The van der Waals surface area contributed by atoms with Crippen LogP contribution in [0.15, 0.2) is 59.7 Å². The maximum Gasteiger partial charge on any atom is 0.300 e. The molecule has 10 nitrogen and oxygen atoms in total. The lowest BCUT2D eigenvalue weighted by Gasteiger charge is -2.13. The zero-order chi connectivity index (χ0) is 25.7. The number of anilines is 1. The fraction of sp³-hybridized carbons (Fsp3) is 0.308. The molecule has 0 fully saturated rings. The first-order valence-corrected chi connectivity index (χ1v) is 11.6. The van der Waals surface area contributed by atoms with Crippen LogP contribution in [0.5, 0.6) is 17.2 Å². The van der Waals surface area contributed by atoms with E-state index in [0.717, 1.165) is 5.75 Å². The van der Waals surface area contributed by atoms with Gasteiger partial charge in [0.2, 0.25) is 11.6 Å². The fourth-order valence-electron chi connectivity index (χ4n) is 3.97. The zero-order valence-electron chi connectivity index (χ0n) is 20.7. The molecule has 4 aromatic rings. The largest absolute Gasteiger partial charge is 0.494 e. The molecule has 0 spiro atoms. The average molecular weight is 492 g/mol. The van der Waals surface area contributed by atoms with E-state index in [1.54, 1.807) is 49.2 Å². The number of hydrogen-bond acceptors (Lipinski definition) is 7. The standard InChI is InChI=1S/C26H29N5O5/c1-5-36-20-9-7-19(8-10-20)30-12-13-31-23(28-29-25(31)26(30)33)14-17(2)15-24(32)27-18-6-11-21(34-3)22(16-18)35-4/h6-13,16-17H,5,14-15H2,1-4H3,(H,27,32)/t17-/m1/s1. The van der Waals surface area contributed by atoms with Crippen LogP contribution in [0, 0.1) is 5.92 Å². The highest BCUT2D eigenvalue weighted by atomic mass is 16.5. The third kappa shape index (κ3) is 5.32. The van der Waals surface area contributed by atoms with Gasteiger partial charge in [-0.3, -0.25) is 18.6 Å². The molecule has 36 heavy (non-hydrogen) atoms. The summed E-state index contributed by atoms with van der Waals surface area (Å²) in [4.78, 5) is 25.6. The van der Waals surface area contributed by atoms with E-state index in [4.69, 9.17) is 14.2 Å². The molecule has 1 atom stereocenters. The predicted molar refractivity (Wildman–Crippen MR) is 135 cm³/mol. The van der Waals surface area contributed by atoms with Gasteiger partial charge < -0.3 is 19.5 Å². The number of aromatic nitrogens is 4. The molecule has 0 aliphatic heterocycles. The molecule has 2 heterocycles. The molecule has 1 amide bonds. The number of nitrogens with one attached hydrogen (secondary N) is 1. The van der Waals surface area contributed by atoms with Crippen molar-refractivity contribution in [1.29, 1.82) is 0 Å². The van der Waals surface area contributed by atoms with Crippen molar-refractivity contribution in [3.63, 3.8) is 0 Å². The van der Waals surface area contributed by atoms with Gasteiger partial charge in [-0.2, -0.15) is 0 Å². The van der Waals surface area contributed by atoms with E-state index in [2.05, 4.69) is 15.5 Å². The Labute approximate surface area is 208 Å². The van der Waals surface area contributed by atoms with E-state index in [0.29, 0.717) is 41.7 Å². The van der Waals surface area contributed by atoms with Gasteiger partial charge in [0.15, 0.2) is 11.5 Å². The van der Waals surface area contributed by atoms with E-state index in [1.165, 1.54) is 4.57 Å². The number of amides is 1. The van der Waals surface area contributed by atoms with Crippen molar-refractivity contribution >= 4 is 17.2 Å². The first-order chi connectivity index (χ1) is 17.4. The predicted octanol–water partition coefficient (Wildman–Crippen LogP) is 3.50. The van der Waals surface area contributed by atoms with Gasteiger partial charge in [-0.15, -0.1) is 10.2 Å². The quantitative estimate of drug-likeness (QED) is 0.362. The smallest absolute Gasteiger partial charge is 0.300 e. The molecule has 0 unspecified atom stereocenters. The minimum atomic E-state index is -0.278. The van der Waals surface area contributed by atoms with Gasteiger partial charge in [0, 0.05) is 42.7 Å². The van der Waals surface area contributed by atoms with Crippen molar-refractivity contribution in [2.24, 2.45) is 5.92 Å².